The summed E-state index contributed by atoms with van der Waals surface area (Å²) in [5.74, 6) is 0.0766. The minimum absolute atomic E-state index is 0.0913. The van der Waals surface area contributed by atoms with Crippen molar-refractivity contribution in [2.75, 3.05) is 13.1 Å². The summed E-state index contributed by atoms with van der Waals surface area (Å²) in [6, 6.07) is 5.95. The number of phenols is 1. The summed E-state index contributed by atoms with van der Waals surface area (Å²) in [6.07, 6.45) is 1.74. The molecule has 1 unspecified atom stereocenters. The second-order valence-corrected chi connectivity index (χ2v) is 7.10. The fraction of sp³-hybridized carbons (Fsp3) is 0.556. The summed E-state index contributed by atoms with van der Waals surface area (Å²) in [5.41, 5.74) is 0.241. The SMILES string of the molecule is CC(C)(C)OC(=O)NC(Cc1ccc(O)cc1)C(=O)N1CCCC1. The summed E-state index contributed by atoms with van der Waals surface area (Å²) in [6.45, 7) is 6.79. The molecule has 1 fully saturated rings. The molecule has 1 atom stereocenters. The number of hydrogen-bond donors (Lipinski definition) is 2. The first kappa shape index (κ1) is 18.1. The molecule has 0 bridgehead atoms. The molecule has 0 saturated carbocycles. The van der Waals surface area contributed by atoms with Crippen LogP contribution in [0.3, 0.4) is 0 Å². The highest BCUT2D eigenvalue weighted by Crippen LogP contribution is 2.15. The maximum atomic E-state index is 12.7. The first-order valence-corrected chi connectivity index (χ1v) is 8.31. The van der Waals surface area contributed by atoms with Gasteiger partial charge in [0.25, 0.3) is 0 Å². The van der Waals surface area contributed by atoms with Crippen molar-refractivity contribution in [1.82, 2.24) is 10.2 Å². The molecule has 1 aromatic rings. The van der Waals surface area contributed by atoms with Crippen LogP contribution in [0.25, 0.3) is 0 Å². The van der Waals surface area contributed by atoms with Crippen molar-refractivity contribution in [3.05, 3.63) is 29.8 Å². The van der Waals surface area contributed by atoms with E-state index in [0.29, 0.717) is 6.42 Å². The topological polar surface area (TPSA) is 78.9 Å². The number of nitrogens with zero attached hydrogens (tertiary/aromatic N) is 1. The summed E-state index contributed by atoms with van der Waals surface area (Å²) >= 11 is 0. The van der Waals surface area contributed by atoms with Crippen LogP contribution in [0.1, 0.15) is 39.2 Å². The zero-order chi connectivity index (χ0) is 17.7. The van der Waals surface area contributed by atoms with Crippen LogP contribution in [-0.4, -0.2) is 46.7 Å². The van der Waals surface area contributed by atoms with Gasteiger partial charge in [-0.25, -0.2) is 4.79 Å². The number of alkyl carbamates (subject to hydrolysis) is 1. The van der Waals surface area contributed by atoms with Gasteiger partial charge in [0.15, 0.2) is 0 Å². The predicted molar refractivity (Wildman–Crippen MR) is 90.8 cm³/mol. The standard InChI is InChI=1S/C18H26N2O4/c1-18(2,3)24-17(23)19-15(16(22)20-10-4-5-11-20)12-13-6-8-14(21)9-7-13/h6-9,15,21H,4-5,10-12H2,1-3H3,(H,19,23). The Morgan fingerprint density at radius 3 is 2.33 bits per heavy atom. The van der Waals surface area contributed by atoms with Crippen LogP contribution >= 0.6 is 0 Å². The molecular formula is C18H26N2O4. The fourth-order valence-electron chi connectivity index (χ4n) is 2.68. The van der Waals surface area contributed by atoms with Gasteiger partial charge in [-0.1, -0.05) is 12.1 Å². The van der Waals surface area contributed by atoms with E-state index in [9.17, 15) is 14.7 Å². The third-order valence-corrected chi connectivity index (χ3v) is 3.78. The molecule has 6 heteroatoms. The van der Waals surface area contributed by atoms with Crippen LogP contribution in [-0.2, 0) is 16.0 Å². The number of benzene rings is 1. The molecule has 2 amide bonds. The summed E-state index contributed by atoms with van der Waals surface area (Å²) in [7, 11) is 0. The number of phenolic OH excluding ortho intramolecular Hbond substituents is 1. The lowest BCUT2D eigenvalue weighted by atomic mass is 10.0. The van der Waals surface area contributed by atoms with Gasteiger partial charge in [0.05, 0.1) is 0 Å². The second kappa shape index (κ2) is 7.55. The highest BCUT2D eigenvalue weighted by Gasteiger charge is 2.29. The van der Waals surface area contributed by atoms with Gasteiger partial charge in [-0.3, -0.25) is 4.79 Å². The van der Waals surface area contributed by atoms with Gasteiger partial charge >= 0.3 is 6.09 Å². The highest BCUT2D eigenvalue weighted by atomic mass is 16.6. The molecule has 1 heterocycles. The maximum absolute atomic E-state index is 12.7. The minimum atomic E-state index is -0.678. The number of likely N-dealkylation sites (tertiary alicyclic amines) is 1. The molecule has 0 aliphatic carbocycles. The second-order valence-electron chi connectivity index (χ2n) is 7.10. The van der Waals surface area contributed by atoms with E-state index in [1.807, 2.05) is 0 Å². The number of nitrogens with one attached hydrogen (secondary N) is 1. The first-order chi connectivity index (χ1) is 11.2. The van der Waals surface area contributed by atoms with Crippen LogP contribution in [0.2, 0.25) is 0 Å². The molecule has 1 aliphatic rings. The zero-order valence-electron chi connectivity index (χ0n) is 14.5. The molecule has 1 aliphatic heterocycles. The fourth-order valence-corrected chi connectivity index (χ4v) is 2.68. The Hall–Kier alpha value is -2.24. The Bertz CT molecular complexity index is 572. The van der Waals surface area contributed by atoms with Crippen LogP contribution < -0.4 is 5.32 Å². The number of rotatable bonds is 4. The zero-order valence-corrected chi connectivity index (χ0v) is 14.5. The Kier molecular flexibility index (Phi) is 5.70. The Morgan fingerprint density at radius 2 is 1.79 bits per heavy atom. The average Bonchev–Trinajstić information content (AvgIpc) is 3.00. The molecule has 0 spiro atoms. The lowest BCUT2D eigenvalue weighted by Gasteiger charge is -2.26. The molecule has 2 N–H and O–H groups in total. The third-order valence-electron chi connectivity index (χ3n) is 3.78. The maximum Gasteiger partial charge on any atom is 0.408 e. The van der Waals surface area contributed by atoms with Crippen molar-refractivity contribution >= 4 is 12.0 Å². The number of aromatic hydroxyl groups is 1. The Balaban J connectivity index is 2.09. The van der Waals surface area contributed by atoms with Crippen LogP contribution in [0.5, 0.6) is 5.75 Å². The molecule has 132 valence electrons. The van der Waals surface area contributed by atoms with Crippen molar-refractivity contribution in [2.24, 2.45) is 0 Å². The lowest BCUT2D eigenvalue weighted by Crippen LogP contribution is -2.50. The van der Waals surface area contributed by atoms with E-state index in [4.69, 9.17) is 4.74 Å². The van der Waals surface area contributed by atoms with E-state index < -0.39 is 17.7 Å². The lowest BCUT2D eigenvalue weighted by molar-refractivity contribution is -0.132. The van der Waals surface area contributed by atoms with Gasteiger partial charge in [0.1, 0.15) is 17.4 Å². The third kappa shape index (κ3) is 5.44. The van der Waals surface area contributed by atoms with Crippen molar-refractivity contribution in [3.63, 3.8) is 0 Å². The summed E-state index contributed by atoms with van der Waals surface area (Å²) < 4.78 is 5.28. The van der Waals surface area contributed by atoms with E-state index in [-0.39, 0.29) is 11.7 Å². The molecule has 24 heavy (non-hydrogen) atoms. The molecule has 2 rings (SSSR count). The summed E-state index contributed by atoms with van der Waals surface area (Å²) in [4.78, 5) is 26.6. The number of carbonyl (C=O) groups is 2. The molecule has 6 nitrogen and oxygen atoms in total. The van der Waals surface area contributed by atoms with Gasteiger partial charge in [-0.15, -0.1) is 0 Å². The Morgan fingerprint density at radius 1 is 1.21 bits per heavy atom. The van der Waals surface area contributed by atoms with Crippen LogP contribution in [0, 0.1) is 0 Å². The van der Waals surface area contributed by atoms with Crippen LogP contribution in [0.4, 0.5) is 4.79 Å². The van der Waals surface area contributed by atoms with Gasteiger partial charge in [-0.2, -0.15) is 0 Å². The molecular weight excluding hydrogens is 308 g/mol. The van der Waals surface area contributed by atoms with Gasteiger partial charge in [0, 0.05) is 19.5 Å². The molecule has 1 saturated heterocycles. The van der Waals surface area contributed by atoms with Gasteiger partial charge < -0.3 is 20.1 Å². The Labute approximate surface area is 142 Å². The largest absolute Gasteiger partial charge is 0.508 e. The van der Waals surface area contributed by atoms with E-state index in [1.54, 1.807) is 49.9 Å². The van der Waals surface area contributed by atoms with Crippen molar-refractivity contribution in [1.29, 1.82) is 0 Å². The molecule has 0 aromatic heterocycles. The quantitative estimate of drug-likeness (QED) is 0.886. The normalized spacial score (nSPS) is 15.9. The minimum Gasteiger partial charge on any atom is -0.508 e. The average molecular weight is 334 g/mol. The smallest absolute Gasteiger partial charge is 0.408 e. The summed E-state index contributed by atoms with van der Waals surface area (Å²) in [5, 5.41) is 12.1. The number of ether oxygens (including phenoxy) is 1. The highest BCUT2D eigenvalue weighted by molar-refractivity contribution is 5.86. The van der Waals surface area contributed by atoms with E-state index in [2.05, 4.69) is 5.32 Å². The molecule has 0 radical (unpaired) electrons. The van der Waals surface area contributed by atoms with E-state index in [1.165, 1.54) is 0 Å². The number of amides is 2. The first-order valence-electron chi connectivity index (χ1n) is 8.31. The molecule has 1 aromatic carbocycles. The van der Waals surface area contributed by atoms with Crippen molar-refractivity contribution in [3.8, 4) is 5.75 Å². The monoisotopic (exact) mass is 334 g/mol. The van der Waals surface area contributed by atoms with E-state index >= 15 is 0 Å². The van der Waals surface area contributed by atoms with Gasteiger partial charge in [0.2, 0.25) is 5.91 Å². The number of hydrogen-bond acceptors (Lipinski definition) is 4. The number of carbonyl (C=O) groups excluding carboxylic acids is 2. The van der Waals surface area contributed by atoms with Gasteiger partial charge in [-0.05, 0) is 51.3 Å². The predicted octanol–water partition coefficient (Wildman–Crippen LogP) is 2.45. The van der Waals surface area contributed by atoms with Crippen LogP contribution in [0.15, 0.2) is 24.3 Å². The van der Waals surface area contributed by atoms with E-state index in [0.717, 1.165) is 31.5 Å². The van der Waals surface area contributed by atoms with Crippen molar-refractivity contribution < 1.29 is 19.4 Å². The van der Waals surface area contributed by atoms with Crippen molar-refractivity contribution in [2.45, 2.75) is 51.7 Å².